The topological polar surface area (TPSA) is 40.6 Å². The predicted molar refractivity (Wildman–Crippen MR) is 85.3 cm³/mol. The molecule has 1 heterocycles. The van der Waals surface area contributed by atoms with E-state index in [1.54, 1.807) is 9.80 Å². The Hall–Kier alpha value is -1.84. The average molecular weight is 300 g/mol. The fraction of sp³-hybridized carbons (Fsp3) is 0.556. The van der Waals surface area contributed by atoms with Gasteiger partial charge in [0, 0.05) is 12.6 Å². The third kappa shape index (κ3) is 2.62. The molecule has 3 amide bonds. The molecule has 2 fully saturated rings. The van der Waals surface area contributed by atoms with Crippen molar-refractivity contribution >= 4 is 11.9 Å². The highest BCUT2D eigenvalue weighted by atomic mass is 16.2. The van der Waals surface area contributed by atoms with Crippen LogP contribution in [0.5, 0.6) is 0 Å². The van der Waals surface area contributed by atoms with Crippen molar-refractivity contribution < 1.29 is 9.59 Å². The molecule has 1 saturated carbocycles. The van der Waals surface area contributed by atoms with Gasteiger partial charge in [0.1, 0.15) is 6.04 Å². The van der Waals surface area contributed by atoms with Gasteiger partial charge < -0.3 is 4.90 Å². The quantitative estimate of drug-likeness (QED) is 0.795. The molecule has 1 aromatic rings. The van der Waals surface area contributed by atoms with Crippen molar-refractivity contribution in [2.45, 2.75) is 57.5 Å². The van der Waals surface area contributed by atoms with Crippen molar-refractivity contribution in [1.29, 1.82) is 0 Å². The molecule has 0 N–H and O–H groups in total. The number of hydrogen-bond donors (Lipinski definition) is 0. The molecule has 1 aromatic carbocycles. The third-order valence-electron chi connectivity index (χ3n) is 4.75. The Bertz CT molecular complexity index is 537. The number of amides is 3. The van der Waals surface area contributed by atoms with Crippen LogP contribution in [0.1, 0.15) is 57.1 Å². The summed E-state index contributed by atoms with van der Waals surface area (Å²) in [6, 6.07) is 9.27. The molecule has 1 unspecified atom stereocenters. The van der Waals surface area contributed by atoms with Crippen LogP contribution in [0.25, 0.3) is 0 Å². The van der Waals surface area contributed by atoms with E-state index in [1.165, 1.54) is 6.42 Å². The number of urea groups is 1. The Labute approximate surface area is 132 Å². The Kier molecular flexibility index (Phi) is 4.46. The lowest BCUT2D eigenvalue weighted by Crippen LogP contribution is -2.42. The number of hydrogen-bond acceptors (Lipinski definition) is 2. The van der Waals surface area contributed by atoms with Crippen molar-refractivity contribution in [2.24, 2.45) is 0 Å². The average Bonchev–Trinajstić information content (AvgIpc) is 2.80. The van der Waals surface area contributed by atoms with E-state index in [0.717, 1.165) is 37.7 Å². The summed E-state index contributed by atoms with van der Waals surface area (Å²) in [5.74, 6) is -0.0310. The minimum Gasteiger partial charge on any atom is -0.308 e. The van der Waals surface area contributed by atoms with E-state index in [9.17, 15) is 9.59 Å². The van der Waals surface area contributed by atoms with E-state index < -0.39 is 6.04 Å². The monoisotopic (exact) mass is 300 g/mol. The molecule has 1 aliphatic carbocycles. The van der Waals surface area contributed by atoms with Crippen molar-refractivity contribution in [3.05, 3.63) is 35.9 Å². The molecule has 4 nitrogen and oxygen atoms in total. The number of benzene rings is 1. The zero-order valence-corrected chi connectivity index (χ0v) is 13.2. The van der Waals surface area contributed by atoms with E-state index in [0.29, 0.717) is 6.54 Å². The maximum absolute atomic E-state index is 13.0. The molecule has 0 bridgehead atoms. The maximum Gasteiger partial charge on any atom is 0.327 e. The molecule has 1 aliphatic heterocycles. The van der Waals surface area contributed by atoms with Crippen molar-refractivity contribution in [3.8, 4) is 0 Å². The highest BCUT2D eigenvalue weighted by molar-refractivity contribution is 6.05. The van der Waals surface area contributed by atoms with Crippen LogP contribution in [0.4, 0.5) is 4.79 Å². The van der Waals surface area contributed by atoms with Crippen LogP contribution >= 0.6 is 0 Å². The second-order valence-corrected chi connectivity index (χ2v) is 6.29. The van der Waals surface area contributed by atoms with Gasteiger partial charge in [-0.2, -0.15) is 0 Å². The van der Waals surface area contributed by atoms with Crippen LogP contribution in [-0.4, -0.2) is 34.3 Å². The van der Waals surface area contributed by atoms with Crippen LogP contribution in [0.3, 0.4) is 0 Å². The molecule has 22 heavy (non-hydrogen) atoms. The Balaban J connectivity index is 1.91. The van der Waals surface area contributed by atoms with Gasteiger partial charge in [-0.1, -0.05) is 56.5 Å². The standard InChI is InChI=1S/C18H24N2O2/c1-2-13-19-16(14-9-5-3-6-10-14)17(21)20(18(19)22)15-11-7-4-8-12-15/h3,5-6,9-10,15-16H,2,4,7-8,11-13H2,1H3. The molecule has 3 rings (SSSR count). The van der Waals surface area contributed by atoms with Gasteiger partial charge >= 0.3 is 6.03 Å². The first-order chi connectivity index (χ1) is 10.7. The summed E-state index contributed by atoms with van der Waals surface area (Å²) in [6.07, 6.45) is 6.23. The first kappa shape index (κ1) is 15.1. The third-order valence-corrected chi connectivity index (χ3v) is 4.75. The van der Waals surface area contributed by atoms with Crippen molar-refractivity contribution in [1.82, 2.24) is 9.80 Å². The summed E-state index contributed by atoms with van der Waals surface area (Å²) in [5.41, 5.74) is 0.924. The molecular formula is C18H24N2O2. The van der Waals surface area contributed by atoms with Crippen LogP contribution in [0.2, 0.25) is 0 Å². The molecule has 0 aromatic heterocycles. The molecule has 0 radical (unpaired) electrons. The van der Waals surface area contributed by atoms with Crippen molar-refractivity contribution in [2.75, 3.05) is 6.54 Å². The van der Waals surface area contributed by atoms with Gasteiger partial charge in [-0.05, 0) is 24.8 Å². The van der Waals surface area contributed by atoms with E-state index in [-0.39, 0.29) is 18.0 Å². The predicted octanol–water partition coefficient (Wildman–Crippen LogP) is 3.73. The van der Waals surface area contributed by atoms with Crippen LogP contribution < -0.4 is 0 Å². The Morgan fingerprint density at radius 1 is 1.05 bits per heavy atom. The highest BCUT2D eigenvalue weighted by Crippen LogP contribution is 2.35. The van der Waals surface area contributed by atoms with Gasteiger partial charge in [0.15, 0.2) is 0 Å². The smallest absolute Gasteiger partial charge is 0.308 e. The molecule has 1 atom stereocenters. The molecule has 118 valence electrons. The van der Waals surface area contributed by atoms with Crippen LogP contribution in [0, 0.1) is 0 Å². The van der Waals surface area contributed by atoms with Crippen molar-refractivity contribution in [3.63, 3.8) is 0 Å². The van der Waals surface area contributed by atoms with E-state index in [1.807, 2.05) is 37.3 Å². The van der Waals surface area contributed by atoms with Gasteiger partial charge in [-0.15, -0.1) is 0 Å². The van der Waals surface area contributed by atoms with Gasteiger partial charge in [-0.3, -0.25) is 9.69 Å². The summed E-state index contributed by atoms with van der Waals surface area (Å²) in [7, 11) is 0. The maximum atomic E-state index is 13.0. The van der Waals surface area contributed by atoms with E-state index >= 15 is 0 Å². The first-order valence-corrected chi connectivity index (χ1v) is 8.42. The lowest BCUT2D eigenvalue weighted by Gasteiger charge is -2.29. The number of carbonyl (C=O) groups excluding carboxylic acids is 2. The minimum absolute atomic E-state index is 0.0310. The molecule has 2 aliphatic rings. The molecule has 4 heteroatoms. The minimum atomic E-state index is -0.435. The fourth-order valence-electron chi connectivity index (χ4n) is 3.71. The molecular weight excluding hydrogens is 276 g/mol. The summed E-state index contributed by atoms with van der Waals surface area (Å²) < 4.78 is 0. The second-order valence-electron chi connectivity index (χ2n) is 6.29. The van der Waals surface area contributed by atoms with Crippen LogP contribution in [0.15, 0.2) is 30.3 Å². The van der Waals surface area contributed by atoms with E-state index in [2.05, 4.69) is 0 Å². The lowest BCUT2D eigenvalue weighted by molar-refractivity contribution is -0.130. The summed E-state index contributed by atoms with van der Waals surface area (Å²) in [5, 5.41) is 0. The zero-order valence-electron chi connectivity index (χ0n) is 13.2. The summed E-state index contributed by atoms with van der Waals surface area (Å²) >= 11 is 0. The fourth-order valence-corrected chi connectivity index (χ4v) is 3.71. The van der Waals surface area contributed by atoms with Crippen LogP contribution in [-0.2, 0) is 4.79 Å². The van der Waals surface area contributed by atoms with Gasteiger partial charge in [0.2, 0.25) is 0 Å². The van der Waals surface area contributed by atoms with Gasteiger partial charge in [-0.25, -0.2) is 4.79 Å². The molecule has 1 saturated heterocycles. The van der Waals surface area contributed by atoms with Gasteiger partial charge in [0.05, 0.1) is 0 Å². The number of carbonyl (C=O) groups is 2. The summed E-state index contributed by atoms with van der Waals surface area (Å²) in [6.45, 7) is 2.68. The second kappa shape index (κ2) is 6.51. The summed E-state index contributed by atoms with van der Waals surface area (Å²) in [4.78, 5) is 29.1. The zero-order chi connectivity index (χ0) is 15.5. The molecule has 0 spiro atoms. The largest absolute Gasteiger partial charge is 0.327 e. The number of nitrogens with zero attached hydrogens (tertiary/aromatic N) is 2. The first-order valence-electron chi connectivity index (χ1n) is 8.42. The normalized spacial score (nSPS) is 23.4. The number of imide groups is 1. The lowest BCUT2D eigenvalue weighted by atomic mass is 9.94. The van der Waals surface area contributed by atoms with E-state index in [4.69, 9.17) is 0 Å². The Morgan fingerprint density at radius 2 is 1.73 bits per heavy atom. The Morgan fingerprint density at radius 3 is 2.36 bits per heavy atom. The SMILES string of the molecule is CCCN1C(=O)N(C2CCCCC2)C(=O)C1c1ccccc1. The number of rotatable bonds is 4. The highest BCUT2D eigenvalue weighted by Gasteiger charge is 2.48. The van der Waals surface area contributed by atoms with Gasteiger partial charge in [0.25, 0.3) is 5.91 Å².